The maximum absolute atomic E-state index is 9.47. The monoisotopic (exact) mass is 390 g/mol. The van der Waals surface area contributed by atoms with Crippen molar-refractivity contribution in [1.82, 2.24) is 10.6 Å². The number of nitrogens with one attached hydrogen (secondary N) is 2. The highest BCUT2D eigenvalue weighted by molar-refractivity contribution is 5.48. The molecule has 2 rings (SSSR count). The number of rotatable bonds is 10. The minimum absolute atomic E-state index is 0.337. The van der Waals surface area contributed by atoms with Crippen molar-refractivity contribution in [2.24, 2.45) is 0 Å². The lowest BCUT2D eigenvalue weighted by molar-refractivity contribution is 0.551. The Morgan fingerprint density at radius 3 is 1.31 bits per heavy atom. The predicted molar refractivity (Wildman–Crippen MR) is 119 cm³/mol. The first kappa shape index (κ1) is 22.2. The molecular formula is C23H30N6. The summed E-state index contributed by atoms with van der Waals surface area (Å²) in [5.41, 5.74) is 4.13. The Balaban J connectivity index is 1.79. The summed E-state index contributed by atoms with van der Waals surface area (Å²) in [6, 6.07) is 20.0. The van der Waals surface area contributed by atoms with Crippen molar-refractivity contribution in [3.05, 3.63) is 59.7 Å². The molecule has 152 valence electrons. The van der Waals surface area contributed by atoms with E-state index in [4.69, 9.17) is 0 Å². The zero-order valence-electron chi connectivity index (χ0n) is 17.7. The van der Waals surface area contributed by atoms with Crippen molar-refractivity contribution in [2.75, 3.05) is 51.1 Å². The first-order chi connectivity index (χ1) is 14.0. The maximum atomic E-state index is 9.47. The standard InChI is InChI=1S/C23H30N6/c1-28(2)20-10-6-18(7-11-20)22(16-24)26-14-5-15-27-23(17-25)19-8-12-21(13-9-19)29(3)4/h6-13,22-23,26-27H,5,14-15H2,1-4H3/t22-,23-/m1/s1. The van der Waals surface area contributed by atoms with Gasteiger partial charge in [-0.3, -0.25) is 10.6 Å². The summed E-state index contributed by atoms with van der Waals surface area (Å²) in [7, 11) is 7.97. The molecule has 2 atom stereocenters. The normalized spacial score (nSPS) is 12.5. The zero-order chi connectivity index (χ0) is 21.2. The third-order valence-electron chi connectivity index (χ3n) is 4.79. The molecule has 0 aromatic heterocycles. The van der Waals surface area contributed by atoms with Gasteiger partial charge in [0.05, 0.1) is 12.1 Å². The predicted octanol–water partition coefficient (Wildman–Crippen LogP) is 3.22. The van der Waals surface area contributed by atoms with E-state index in [0.29, 0.717) is 13.1 Å². The molecule has 6 nitrogen and oxygen atoms in total. The lowest BCUT2D eigenvalue weighted by Gasteiger charge is -2.17. The van der Waals surface area contributed by atoms with Gasteiger partial charge in [0.25, 0.3) is 0 Å². The van der Waals surface area contributed by atoms with Gasteiger partial charge in [0, 0.05) is 39.6 Å². The molecule has 0 aliphatic rings. The third-order valence-corrected chi connectivity index (χ3v) is 4.79. The molecule has 0 aliphatic heterocycles. The molecule has 2 aromatic carbocycles. The van der Waals surface area contributed by atoms with Crippen LogP contribution >= 0.6 is 0 Å². The third kappa shape index (κ3) is 6.50. The molecule has 0 radical (unpaired) electrons. The smallest absolute Gasteiger partial charge is 0.121 e. The van der Waals surface area contributed by atoms with E-state index in [1.165, 1.54) is 0 Å². The number of benzene rings is 2. The van der Waals surface area contributed by atoms with E-state index >= 15 is 0 Å². The second-order valence-corrected chi connectivity index (χ2v) is 7.36. The highest BCUT2D eigenvalue weighted by atomic mass is 15.1. The number of anilines is 2. The van der Waals surface area contributed by atoms with Crippen molar-refractivity contribution < 1.29 is 0 Å². The van der Waals surface area contributed by atoms with Gasteiger partial charge in [-0.15, -0.1) is 0 Å². The molecule has 0 saturated heterocycles. The number of hydrogen-bond donors (Lipinski definition) is 2. The first-order valence-corrected chi connectivity index (χ1v) is 9.77. The quantitative estimate of drug-likeness (QED) is 0.607. The fourth-order valence-electron chi connectivity index (χ4n) is 2.99. The summed E-state index contributed by atoms with van der Waals surface area (Å²) < 4.78 is 0. The van der Waals surface area contributed by atoms with Gasteiger partial charge in [0.2, 0.25) is 0 Å². The molecule has 0 amide bonds. The van der Waals surface area contributed by atoms with Crippen LogP contribution in [0.25, 0.3) is 0 Å². The first-order valence-electron chi connectivity index (χ1n) is 9.77. The van der Waals surface area contributed by atoms with Gasteiger partial charge < -0.3 is 9.80 Å². The molecule has 0 fully saturated rings. The number of nitriles is 2. The summed E-state index contributed by atoms with van der Waals surface area (Å²) in [4.78, 5) is 4.06. The highest BCUT2D eigenvalue weighted by Gasteiger charge is 2.11. The molecule has 2 N–H and O–H groups in total. The number of nitrogens with zero attached hydrogens (tertiary/aromatic N) is 4. The summed E-state index contributed by atoms with van der Waals surface area (Å²) in [6.45, 7) is 1.39. The van der Waals surface area contributed by atoms with Crippen LogP contribution in [0.3, 0.4) is 0 Å². The van der Waals surface area contributed by atoms with Crippen LogP contribution in [-0.2, 0) is 0 Å². The van der Waals surface area contributed by atoms with Gasteiger partial charge in [-0.1, -0.05) is 24.3 Å². The highest BCUT2D eigenvalue weighted by Crippen LogP contribution is 2.19. The van der Waals surface area contributed by atoms with Crippen LogP contribution in [0.1, 0.15) is 29.6 Å². The Bertz CT molecular complexity index is 756. The number of hydrogen-bond acceptors (Lipinski definition) is 6. The van der Waals surface area contributed by atoms with Crippen LogP contribution in [0.15, 0.2) is 48.5 Å². The minimum Gasteiger partial charge on any atom is -0.378 e. The minimum atomic E-state index is -0.337. The molecule has 0 aliphatic carbocycles. The van der Waals surface area contributed by atoms with Crippen LogP contribution in [-0.4, -0.2) is 41.3 Å². The zero-order valence-corrected chi connectivity index (χ0v) is 17.7. The van der Waals surface area contributed by atoms with Gasteiger partial charge >= 0.3 is 0 Å². The summed E-state index contributed by atoms with van der Waals surface area (Å²) in [5.74, 6) is 0. The Hall–Kier alpha value is -3.06. The topological polar surface area (TPSA) is 78.1 Å². The fourth-order valence-corrected chi connectivity index (χ4v) is 2.99. The molecule has 0 heterocycles. The SMILES string of the molecule is CN(C)c1ccc([C@@H](C#N)NCCCN[C@H](C#N)c2ccc(N(C)C)cc2)cc1. The van der Waals surface area contributed by atoms with Crippen molar-refractivity contribution in [3.8, 4) is 12.1 Å². The second-order valence-electron chi connectivity index (χ2n) is 7.36. The average molecular weight is 391 g/mol. The fraction of sp³-hybridized carbons (Fsp3) is 0.391. The van der Waals surface area contributed by atoms with Crippen LogP contribution in [0.5, 0.6) is 0 Å². The molecule has 6 heteroatoms. The molecule has 0 unspecified atom stereocenters. The Morgan fingerprint density at radius 2 is 1.03 bits per heavy atom. The molecule has 0 bridgehead atoms. The molecule has 0 spiro atoms. The second kappa shape index (κ2) is 11.1. The maximum Gasteiger partial charge on any atom is 0.121 e. The van der Waals surface area contributed by atoms with Crippen molar-refractivity contribution in [3.63, 3.8) is 0 Å². The summed E-state index contributed by atoms with van der Waals surface area (Å²) in [6.07, 6.45) is 0.821. The van der Waals surface area contributed by atoms with E-state index < -0.39 is 0 Å². The van der Waals surface area contributed by atoms with Crippen molar-refractivity contribution in [2.45, 2.75) is 18.5 Å². The van der Waals surface area contributed by atoms with E-state index in [0.717, 1.165) is 28.9 Å². The van der Waals surface area contributed by atoms with E-state index in [1.54, 1.807) is 0 Å². The van der Waals surface area contributed by atoms with Crippen LogP contribution in [0.2, 0.25) is 0 Å². The Labute approximate surface area is 174 Å². The summed E-state index contributed by atoms with van der Waals surface area (Å²) >= 11 is 0. The van der Waals surface area contributed by atoms with Crippen LogP contribution in [0, 0.1) is 22.7 Å². The summed E-state index contributed by atoms with van der Waals surface area (Å²) in [5, 5.41) is 25.5. The Kier molecular flexibility index (Phi) is 8.48. The van der Waals surface area contributed by atoms with E-state index in [2.05, 4.69) is 22.8 Å². The lowest BCUT2D eigenvalue weighted by Crippen LogP contribution is -2.27. The largest absolute Gasteiger partial charge is 0.378 e. The lowest BCUT2D eigenvalue weighted by atomic mass is 10.1. The average Bonchev–Trinajstić information content (AvgIpc) is 2.73. The van der Waals surface area contributed by atoms with Crippen molar-refractivity contribution in [1.29, 1.82) is 10.5 Å². The van der Waals surface area contributed by atoms with Crippen LogP contribution in [0.4, 0.5) is 11.4 Å². The van der Waals surface area contributed by atoms with Gasteiger partial charge in [-0.2, -0.15) is 10.5 Å². The molecule has 29 heavy (non-hydrogen) atoms. The van der Waals surface area contributed by atoms with E-state index in [-0.39, 0.29) is 12.1 Å². The molecule has 0 saturated carbocycles. The Morgan fingerprint density at radius 1 is 0.690 bits per heavy atom. The van der Waals surface area contributed by atoms with Gasteiger partial charge in [-0.25, -0.2) is 0 Å². The van der Waals surface area contributed by atoms with Gasteiger partial charge in [0.15, 0.2) is 0 Å². The van der Waals surface area contributed by atoms with Crippen LogP contribution < -0.4 is 20.4 Å². The molecule has 2 aromatic rings. The van der Waals surface area contributed by atoms with Gasteiger partial charge in [0.1, 0.15) is 12.1 Å². The van der Waals surface area contributed by atoms with E-state index in [9.17, 15) is 10.5 Å². The van der Waals surface area contributed by atoms with Crippen molar-refractivity contribution >= 4 is 11.4 Å². The van der Waals surface area contributed by atoms with Gasteiger partial charge in [-0.05, 0) is 54.9 Å². The molecular weight excluding hydrogens is 360 g/mol. The van der Waals surface area contributed by atoms with E-state index in [1.807, 2.05) is 86.5 Å².